The number of carbonyl (C=O) groups is 1. The Morgan fingerprint density at radius 3 is 2.33 bits per heavy atom. The van der Waals surface area contributed by atoms with Crippen LogP contribution in [0.2, 0.25) is 0 Å². The topological polar surface area (TPSA) is 20.3 Å². The molecule has 2 rings (SSSR count). The lowest BCUT2D eigenvalue weighted by atomic mass is 10.1. The highest BCUT2D eigenvalue weighted by atomic mass is 19.2. The number of benzene rings is 1. The number of hydrogen-bond donors (Lipinski definition) is 0. The predicted octanol–water partition coefficient (Wildman–Crippen LogP) is 2.91. The second-order valence-corrected chi connectivity index (χ2v) is 4.72. The van der Waals surface area contributed by atoms with Crippen LogP contribution in [0.5, 0.6) is 0 Å². The van der Waals surface area contributed by atoms with Gasteiger partial charge in [-0.3, -0.25) is 4.79 Å². The van der Waals surface area contributed by atoms with Gasteiger partial charge < -0.3 is 4.90 Å². The summed E-state index contributed by atoms with van der Waals surface area (Å²) in [5, 5.41) is 0. The summed E-state index contributed by atoms with van der Waals surface area (Å²) >= 11 is 0. The van der Waals surface area contributed by atoms with Gasteiger partial charge in [-0.15, -0.1) is 0 Å². The fourth-order valence-corrected chi connectivity index (χ4v) is 2.26. The fraction of sp³-hybridized carbons (Fsp3) is 0.500. The third kappa shape index (κ3) is 3.28. The highest BCUT2D eigenvalue weighted by molar-refractivity contribution is 5.78. The molecule has 0 bridgehead atoms. The zero-order valence-corrected chi connectivity index (χ0v) is 10.3. The molecule has 1 aliphatic rings. The maximum Gasteiger partial charge on any atom is 0.226 e. The van der Waals surface area contributed by atoms with Crippen molar-refractivity contribution in [2.75, 3.05) is 13.1 Å². The number of hydrogen-bond acceptors (Lipinski definition) is 1. The predicted molar refractivity (Wildman–Crippen MR) is 65.1 cm³/mol. The first-order valence-electron chi connectivity index (χ1n) is 6.38. The summed E-state index contributed by atoms with van der Waals surface area (Å²) in [4.78, 5) is 13.9. The Hall–Kier alpha value is -1.45. The molecule has 0 saturated carbocycles. The van der Waals surface area contributed by atoms with E-state index < -0.39 is 11.6 Å². The van der Waals surface area contributed by atoms with Gasteiger partial charge in [0, 0.05) is 13.1 Å². The molecule has 0 atom stereocenters. The second-order valence-electron chi connectivity index (χ2n) is 4.72. The third-order valence-corrected chi connectivity index (χ3v) is 3.30. The molecule has 0 spiro atoms. The smallest absolute Gasteiger partial charge is 0.226 e. The van der Waals surface area contributed by atoms with Crippen molar-refractivity contribution < 1.29 is 13.6 Å². The molecule has 18 heavy (non-hydrogen) atoms. The molecule has 1 heterocycles. The number of halogens is 2. The lowest BCUT2D eigenvalue weighted by molar-refractivity contribution is -0.130. The van der Waals surface area contributed by atoms with Crippen molar-refractivity contribution in [1.29, 1.82) is 0 Å². The van der Waals surface area contributed by atoms with Crippen LogP contribution in [0.4, 0.5) is 8.78 Å². The SMILES string of the molecule is O=C(Cc1ccc(F)c(F)c1)N1CCCCCC1. The van der Waals surface area contributed by atoms with E-state index in [1.54, 1.807) is 0 Å². The van der Waals surface area contributed by atoms with Crippen molar-refractivity contribution in [3.8, 4) is 0 Å². The van der Waals surface area contributed by atoms with Gasteiger partial charge in [0.15, 0.2) is 11.6 Å². The third-order valence-electron chi connectivity index (χ3n) is 3.30. The minimum absolute atomic E-state index is 0.00269. The first-order valence-corrected chi connectivity index (χ1v) is 6.38. The van der Waals surface area contributed by atoms with Gasteiger partial charge in [-0.05, 0) is 30.5 Å². The Kier molecular flexibility index (Phi) is 4.28. The molecule has 0 aromatic heterocycles. The van der Waals surface area contributed by atoms with Gasteiger partial charge in [0.1, 0.15) is 0 Å². The summed E-state index contributed by atoms with van der Waals surface area (Å²) in [5.74, 6) is -1.76. The van der Waals surface area contributed by atoms with Crippen LogP contribution < -0.4 is 0 Å². The van der Waals surface area contributed by atoms with Crippen LogP contribution in [-0.4, -0.2) is 23.9 Å². The van der Waals surface area contributed by atoms with Gasteiger partial charge >= 0.3 is 0 Å². The minimum atomic E-state index is -0.892. The maximum atomic E-state index is 13.0. The zero-order valence-electron chi connectivity index (χ0n) is 10.3. The van der Waals surface area contributed by atoms with E-state index in [9.17, 15) is 13.6 Å². The molecule has 1 amide bonds. The minimum Gasteiger partial charge on any atom is -0.342 e. The molecule has 1 aromatic rings. The molecule has 4 heteroatoms. The standard InChI is InChI=1S/C14H17F2NO/c15-12-6-5-11(9-13(12)16)10-14(18)17-7-3-1-2-4-8-17/h5-6,9H,1-4,7-8,10H2. The van der Waals surface area contributed by atoms with E-state index in [0.29, 0.717) is 5.56 Å². The summed E-state index contributed by atoms with van der Waals surface area (Å²) in [5.41, 5.74) is 0.531. The van der Waals surface area contributed by atoms with Crippen LogP contribution in [0.15, 0.2) is 18.2 Å². The average molecular weight is 253 g/mol. The summed E-state index contributed by atoms with van der Waals surface area (Å²) < 4.78 is 25.8. The van der Waals surface area contributed by atoms with Crippen LogP contribution >= 0.6 is 0 Å². The number of likely N-dealkylation sites (tertiary alicyclic amines) is 1. The van der Waals surface area contributed by atoms with Crippen LogP contribution in [0.25, 0.3) is 0 Å². The van der Waals surface area contributed by atoms with E-state index in [1.807, 2.05) is 4.90 Å². The number of nitrogens with zero attached hydrogens (tertiary/aromatic N) is 1. The van der Waals surface area contributed by atoms with Gasteiger partial charge in [-0.25, -0.2) is 8.78 Å². The molecular weight excluding hydrogens is 236 g/mol. The first kappa shape index (κ1) is 13.0. The molecule has 1 fully saturated rings. The monoisotopic (exact) mass is 253 g/mol. The van der Waals surface area contributed by atoms with Gasteiger partial charge in [0.2, 0.25) is 5.91 Å². The average Bonchev–Trinajstić information content (AvgIpc) is 2.62. The summed E-state index contributed by atoms with van der Waals surface area (Å²) in [7, 11) is 0. The van der Waals surface area contributed by atoms with Gasteiger partial charge in [0.25, 0.3) is 0 Å². The molecule has 0 radical (unpaired) electrons. The van der Waals surface area contributed by atoms with Crippen molar-refractivity contribution in [3.63, 3.8) is 0 Å². The molecule has 1 aliphatic heterocycles. The number of carbonyl (C=O) groups excluding carboxylic acids is 1. The molecular formula is C14H17F2NO. The van der Waals surface area contributed by atoms with E-state index in [4.69, 9.17) is 0 Å². The molecule has 2 nitrogen and oxygen atoms in total. The van der Waals surface area contributed by atoms with E-state index in [0.717, 1.165) is 50.9 Å². The normalized spacial score (nSPS) is 16.4. The van der Waals surface area contributed by atoms with Crippen molar-refractivity contribution >= 4 is 5.91 Å². The quantitative estimate of drug-likeness (QED) is 0.793. The Morgan fingerprint density at radius 2 is 1.72 bits per heavy atom. The van der Waals surface area contributed by atoms with Crippen LogP contribution in [0.3, 0.4) is 0 Å². The van der Waals surface area contributed by atoms with Crippen molar-refractivity contribution in [2.24, 2.45) is 0 Å². The Bertz CT molecular complexity index is 426. The van der Waals surface area contributed by atoms with Gasteiger partial charge in [0.05, 0.1) is 6.42 Å². The van der Waals surface area contributed by atoms with Crippen LogP contribution in [0, 0.1) is 11.6 Å². The summed E-state index contributed by atoms with van der Waals surface area (Å²) in [6, 6.07) is 3.64. The molecule has 1 saturated heterocycles. The Balaban J connectivity index is 1.99. The second kappa shape index (κ2) is 5.94. The van der Waals surface area contributed by atoms with Crippen LogP contribution in [-0.2, 0) is 11.2 Å². The van der Waals surface area contributed by atoms with Crippen molar-refractivity contribution in [2.45, 2.75) is 32.1 Å². The summed E-state index contributed by atoms with van der Waals surface area (Å²) in [6.07, 6.45) is 4.54. The lowest BCUT2D eigenvalue weighted by Gasteiger charge is -2.20. The number of rotatable bonds is 2. The van der Waals surface area contributed by atoms with E-state index >= 15 is 0 Å². The zero-order chi connectivity index (χ0) is 13.0. The Morgan fingerprint density at radius 1 is 1.06 bits per heavy atom. The Labute approximate surface area is 106 Å². The maximum absolute atomic E-state index is 13.0. The van der Waals surface area contributed by atoms with E-state index in [-0.39, 0.29) is 12.3 Å². The van der Waals surface area contributed by atoms with Crippen molar-refractivity contribution in [3.05, 3.63) is 35.4 Å². The van der Waals surface area contributed by atoms with Gasteiger partial charge in [-0.1, -0.05) is 18.9 Å². The highest BCUT2D eigenvalue weighted by Crippen LogP contribution is 2.13. The number of amides is 1. The van der Waals surface area contributed by atoms with Crippen molar-refractivity contribution in [1.82, 2.24) is 4.90 Å². The molecule has 0 unspecified atom stereocenters. The fourth-order valence-electron chi connectivity index (χ4n) is 2.26. The van der Waals surface area contributed by atoms with Gasteiger partial charge in [-0.2, -0.15) is 0 Å². The first-order chi connectivity index (χ1) is 8.66. The highest BCUT2D eigenvalue weighted by Gasteiger charge is 2.16. The molecule has 1 aromatic carbocycles. The summed E-state index contributed by atoms with van der Waals surface area (Å²) in [6.45, 7) is 1.56. The molecule has 0 N–H and O–H groups in total. The van der Waals surface area contributed by atoms with E-state index in [1.165, 1.54) is 6.07 Å². The molecule has 0 aliphatic carbocycles. The lowest BCUT2D eigenvalue weighted by Crippen LogP contribution is -2.33. The van der Waals surface area contributed by atoms with Crippen LogP contribution in [0.1, 0.15) is 31.2 Å². The van der Waals surface area contributed by atoms with E-state index in [2.05, 4.69) is 0 Å². The largest absolute Gasteiger partial charge is 0.342 e. The molecule has 98 valence electrons.